The maximum absolute atomic E-state index is 12.4. The van der Waals surface area contributed by atoms with E-state index in [9.17, 15) is 10.1 Å². The van der Waals surface area contributed by atoms with Crippen LogP contribution in [0.15, 0.2) is 24.3 Å². The van der Waals surface area contributed by atoms with Crippen LogP contribution in [0.3, 0.4) is 0 Å². The van der Waals surface area contributed by atoms with Crippen molar-refractivity contribution < 1.29 is 9.22 Å². The molecule has 0 spiro atoms. The van der Waals surface area contributed by atoms with Crippen LogP contribution in [0.25, 0.3) is 0 Å². The minimum Gasteiger partial charge on any atom is -0.544 e. The van der Waals surface area contributed by atoms with Crippen molar-refractivity contribution in [1.29, 1.82) is 5.26 Å². The molecule has 1 aliphatic carbocycles. The Labute approximate surface area is 134 Å². The second-order valence-corrected chi connectivity index (χ2v) is 12.4. The van der Waals surface area contributed by atoms with Gasteiger partial charge in [-0.25, -0.2) is 0 Å². The molecule has 1 aliphatic rings. The summed E-state index contributed by atoms with van der Waals surface area (Å²) in [6.07, 6.45) is 1.99. The molecule has 0 N–H and O–H groups in total. The van der Waals surface area contributed by atoms with E-state index in [0.29, 0.717) is 5.56 Å². The summed E-state index contributed by atoms with van der Waals surface area (Å²) < 4.78 is 6.21. The summed E-state index contributed by atoms with van der Waals surface area (Å²) >= 11 is 0. The summed E-state index contributed by atoms with van der Waals surface area (Å²) in [7, 11) is -1.86. The third-order valence-electron chi connectivity index (χ3n) is 4.83. The van der Waals surface area contributed by atoms with Crippen LogP contribution in [-0.2, 0) is 0 Å². The van der Waals surface area contributed by atoms with Gasteiger partial charge in [-0.1, -0.05) is 20.8 Å². The van der Waals surface area contributed by atoms with Crippen molar-refractivity contribution in [2.75, 3.05) is 0 Å². The molecule has 0 heterocycles. The highest BCUT2D eigenvalue weighted by Gasteiger charge is 2.39. The smallest absolute Gasteiger partial charge is 0.250 e. The van der Waals surface area contributed by atoms with Gasteiger partial charge in [-0.2, -0.15) is 5.26 Å². The number of ketones is 1. The number of benzene rings is 1. The van der Waals surface area contributed by atoms with Gasteiger partial charge in [0, 0.05) is 5.56 Å². The van der Waals surface area contributed by atoms with E-state index in [1.807, 2.05) is 12.1 Å². The van der Waals surface area contributed by atoms with Gasteiger partial charge in [0.05, 0.1) is 6.07 Å². The zero-order valence-corrected chi connectivity index (χ0v) is 15.1. The van der Waals surface area contributed by atoms with E-state index in [2.05, 4.69) is 39.9 Å². The van der Waals surface area contributed by atoms with Crippen LogP contribution in [0.1, 0.15) is 44.0 Å². The van der Waals surface area contributed by atoms with Crippen LogP contribution >= 0.6 is 0 Å². The summed E-state index contributed by atoms with van der Waals surface area (Å²) in [4.78, 5) is 12.4. The molecule has 0 saturated heterocycles. The van der Waals surface area contributed by atoms with Crippen molar-refractivity contribution in [1.82, 2.24) is 0 Å². The lowest BCUT2D eigenvalue weighted by Crippen LogP contribution is -2.43. The summed E-state index contributed by atoms with van der Waals surface area (Å²) in [6.45, 7) is 11.0. The molecule has 1 fully saturated rings. The summed E-state index contributed by atoms with van der Waals surface area (Å²) in [5.74, 6) is 0.541. The van der Waals surface area contributed by atoms with Crippen molar-refractivity contribution in [3.05, 3.63) is 29.8 Å². The third-order valence-corrected chi connectivity index (χ3v) is 9.19. The fourth-order valence-corrected chi connectivity index (χ4v) is 3.15. The Kier molecular flexibility index (Phi) is 4.48. The molecule has 1 aromatic rings. The second-order valence-electron chi connectivity index (χ2n) is 7.70. The average molecular weight is 315 g/mol. The first-order chi connectivity index (χ1) is 10.2. The Hall–Kier alpha value is -1.60. The molecule has 1 aromatic carbocycles. The molecule has 2 rings (SSSR count). The van der Waals surface area contributed by atoms with Crippen molar-refractivity contribution in [3.63, 3.8) is 0 Å². The van der Waals surface area contributed by atoms with E-state index in [0.717, 1.165) is 18.6 Å². The lowest BCUT2D eigenvalue weighted by molar-refractivity contribution is 0.0937. The van der Waals surface area contributed by atoms with Crippen LogP contribution in [0.4, 0.5) is 0 Å². The highest BCUT2D eigenvalue weighted by Crippen LogP contribution is 2.39. The van der Waals surface area contributed by atoms with Crippen LogP contribution < -0.4 is 4.43 Å². The number of carbonyl (C=O) groups is 1. The molecule has 1 saturated carbocycles. The number of hydrogen-bond acceptors (Lipinski definition) is 3. The van der Waals surface area contributed by atoms with E-state index in [-0.39, 0.29) is 16.7 Å². The molecule has 0 radical (unpaired) electrons. The molecule has 0 aliphatic heterocycles. The normalized spacial score (nSPS) is 16.7. The Balaban J connectivity index is 2.11. The number of carbonyl (C=O) groups excluding carboxylic acids is 1. The van der Waals surface area contributed by atoms with E-state index >= 15 is 0 Å². The zero-order chi connectivity index (χ0) is 16.5. The van der Waals surface area contributed by atoms with Gasteiger partial charge in [-0.15, -0.1) is 0 Å². The number of rotatable bonds is 5. The van der Waals surface area contributed by atoms with Crippen LogP contribution in [0.2, 0.25) is 18.1 Å². The van der Waals surface area contributed by atoms with Gasteiger partial charge >= 0.3 is 0 Å². The maximum Gasteiger partial charge on any atom is 0.250 e. The number of Topliss-reactive ketones (excluding diaryl/α,β-unsaturated/α-hetero) is 1. The molecular formula is C18H25NO2Si. The van der Waals surface area contributed by atoms with E-state index in [4.69, 9.17) is 4.43 Å². The predicted molar refractivity (Wildman–Crippen MR) is 90.4 cm³/mol. The summed E-state index contributed by atoms with van der Waals surface area (Å²) in [6, 6.07) is 9.45. The highest BCUT2D eigenvalue weighted by molar-refractivity contribution is 6.74. The Morgan fingerprint density at radius 1 is 1.27 bits per heavy atom. The Bertz CT molecular complexity index is 589. The molecular weight excluding hydrogens is 290 g/mol. The first-order valence-electron chi connectivity index (χ1n) is 7.88. The van der Waals surface area contributed by atoms with Crippen LogP contribution in [0, 0.1) is 23.2 Å². The first-order valence-corrected chi connectivity index (χ1v) is 10.8. The molecule has 0 bridgehead atoms. The number of nitrogens with zero attached hydrogens (tertiary/aromatic N) is 1. The Morgan fingerprint density at radius 2 is 1.82 bits per heavy atom. The first kappa shape index (κ1) is 16.8. The van der Waals surface area contributed by atoms with E-state index < -0.39 is 14.2 Å². The fourth-order valence-electron chi connectivity index (χ4n) is 2.12. The third kappa shape index (κ3) is 3.59. The standard InChI is InChI=1S/C18H25NO2Si/c1-18(2,3)22(4,5)21-15-10-8-14(9-11-15)17(20)16(12-19)13-6-7-13/h8-11,13,16H,6-7H2,1-5H3. The van der Waals surface area contributed by atoms with Gasteiger partial charge in [0.2, 0.25) is 8.32 Å². The van der Waals surface area contributed by atoms with Gasteiger partial charge < -0.3 is 4.43 Å². The van der Waals surface area contributed by atoms with Crippen molar-refractivity contribution in [2.45, 2.75) is 51.7 Å². The molecule has 0 amide bonds. The zero-order valence-electron chi connectivity index (χ0n) is 14.1. The molecule has 0 aromatic heterocycles. The molecule has 22 heavy (non-hydrogen) atoms. The second kappa shape index (κ2) is 5.89. The van der Waals surface area contributed by atoms with Gasteiger partial charge in [0.15, 0.2) is 5.78 Å². The van der Waals surface area contributed by atoms with Crippen molar-refractivity contribution in [3.8, 4) is 11.8 Å². The number of hydrogen-bond donors (Lipinski definition) is 0. The molecule has 1 unspecified atom stereocenters. The lowest BCUT2D eigenvalue weighted by Gasteiger charge is -2.36. The maximum atomic E-state index is 12.4. The van der Waals surface area contributed by atoms with Crippen LogP contribution in [-0.4, -0.2) is 14.1 Å². The summed E-state index contributed by atoms with van der Waals surface area (Å²) in [5.41, 5.74) is 0.612. The Morgan fingerprint density at radius 3 is 2.23 bits per heavy atom. The quantitative estimate of drug-likeness (QED) is 0.579. The minimum atomic E-state index is -1.86. The van der Waals surface area contributed by atoms with Gasteiger partial charge in [-0.3, -0.25) is 4.79 Å². The largest absolute Gasteiger partial charge is 0.544 e. The molecule has 1 atom stereocenters. The number of nitriles is 1. The molecule has 118 valence electrons. The SMILES string of the molecule is CC(C)(C)[Si](C)(C)Oc1ccc(C(=O)C(C#N)C2CC2)cc1. The fraction of sp³-hybridized carbons (Fsp3) is 0.556. The summed E-state index contributed by atoms with van der Waals surface area (Å²) in [5, 5.41) is 9.31. The topological polar surface area (TPSA) is 50.1 Å². The monoisotopic (exact) mass is 315 g/mol. The van der Waals surface area contributed by atoms with Gasteiger partial charge in [-0.05, 0) is 61.2 Å². The average Bonchev–Trinajstić information content (AvgIpc) is 3.23. The van der Waals surface area contributed by atoms with E-state index in [1.54, 1.807) is 12.1 Å². The molecule has 3 nitrogen and oxygen atoms in total. The van der Waals surface area contributed by atoms with Gasteiger partial charge in [0.1, 0.15) is 11.7 Å². The predicted octanol–water partition coefficient (Wildman–Crippen LogP) is 4.80. The minimum absolute atomic E-state index is 0.0520. The van der Waals surface area contributed by atoms with Crippen molar-refractivity contribution in [2.24, 2.45) is 11.8 Å². The lowest BCUT2D eigenvalue weighted by atomic mass is 9.94. The van der Waals surface area contributed by atoms with E-state index in [1.165, 1.54) is 0 Å². The molecule has 4 heteroatoms. The highest BCUT2D eigenvalue weighted by atomic mass is 28.4. The van der Waals surface area contributed by atoms with Crippen LogP contribution in [0.5, 0.6) is 5.75 Å². The van der Waals surface area contributed by atoms with Gasteiger partial charge in [0.25, 0.3) is 0 Å². The van der Waals surface area contributed by atoms with Crippen molar-refractivity contribution >= 4 is 14.1 Å².